The van der Waals surface area contributed by atoms with E-state index in [9.17, 15) is 23.2 Å². The number of nitrogens with zero attached hydrogens (tertiary/aromatic N) is 2. The van der Waals surface area contributed by atoms with Gasteiger partial charge in [-0.15, -0.1) is 11.8 Å². The fraction of sp³-hybridized carbons (Fsp3) is 0.444. The van der Waals surface area contributed by atoms with Gasteiger partial charge in [0.1, 0.15) is 6.29 Å². The number of hydrogen-bond acceptors (Lipinski definition) is 5. The summed E-state index contributed by atoms with van der Waals surface area (Å²) in [6, 6.07) is 7.91. The molecule has 36 heavy (non-hydrogen) atoms. The van der Waals surface area contributed by atoms with Crippen LogP contribution >= 0.6 is 11.8 Å². The molecule has 0 aromatic heterocycles. The van der Waals surface area contributed by atoms with E-state index >= 15 is 0 Å². The van der Waals surface area contributed by atoms with Crippen LogP contribution in [-0.2, 0) is 28.4 Å². The molecule has 0 spiro atoms. The van der Waals surface area contributed by atoms with Gasteiger partial charge >= 0.3 is 0 Å². The predicted molar refractivity (Wildman–Crippen MR) is 135 cm³/mol. The first kappa shape index (κ1) is 26.3. The maximum atomic E-state index is 14.9. The summed E-state index contributed by atoms with van der Waals surface area (Å²) in [5, 5.41) is 2.52. The van der Waals surface area contributed by atoms with Crippen LogP contribution in [-0.4, -0.2) is 54.1 Å². The molecule has 1 saturated heterocycles. The van der Waals surface area contributed by atoms with E-state index in [4.69, 9.17) is 0 Å². The van der Waals surface area contributed by atoms with Crippen LogP contribution < -0.4 is 5.32 Å². The van der Waals surface area contributed by atoms with Crippen molar-refractivity contribution in [3.63, 3.8) is 0 Å². The number of hydrogen-bond donors (Lipinski definition) is 1. The third-order valence-corrected chi connectivity index (χ3v) is 8.07. The van der Waals surface area contributed by atoms with Crippen molar-refractivity contribution in [1.29, 1.82) is 0 Å². The molecule has 0 saturated carbocycles. The van der Waals surface area contributed by atoms with Gasteiger partial charge in [-0.05, 0) is 50.0 Å². The minimum absolute atomic E-state index is 0.139. The van der Waals surface area contributed by atoms with E-state index in [2.05, 4.69) is 10.2 Å². The van der Waals surface area contributed by atoms with E-state index in [-0.39, 0.29) is 42.5 Å². The van der Waals surface area contributed by atoms with Crippen LogP contribution in [0.25, 0.3) is 0 Å². The zero-order valence-corrected chi connectivity index (χ0v) is 21.2. The fourth-order valence-electron chi connectivity index (χ4n) is 4.81. The Bertz CT molecular complexity index is 1140. The normalized spacial score (nSPS) is 16.6. The SMILES string of the molecule is CNC(=O)CCC(C=O)N1Cc2c(SCc3ccc(CN4CCCCC4)c(F)c3F)cccc2C1=O. The van der Waals surface area contributed by atoms with E-state index in [1.54, 1.807) is 24.3 Å². The molecule has 2 amide bonds. The van der Waals surface area contributed by atoms with Crippen molar-refractivity contribution in [1.82, 2.24) is 15.1 Å². The Labute approximate surface area is 214 Å². The van der Waals surface area contributed by atoms with Crippen LogP contribution in [0.5, 0.6) is 0 Å². The van der Waals surface area contributed by atoms with Gasteiger partial charge in [0, 0.05) is 53.9 Å². The van der Waals surface area contributed by atoms with Gasteiger partial charge in [0.25, 0.3) is 5.91 Å². The summed E-state index contributed by atoms with van der Waals surface area (Å²) in [7, 11) is 1.52. The van der Waals surface area contributed by atoms with Crippen molar-refractivity contribution in [2.45, 2.75) is 61.9 Å². The second-order valence-electron chi connectivity index (χ2n) is 9.27. The maximum absolute atomic E-state index is 14.9. The smallest absolute Gasteiger partial charge is 0.255 e. The molecule has 1 N–H and O–H groups in total. The van der Waals surface area contributed by atoms with Gasteiger partial charge < -0.3 is 15.0 Å². The molecule has 2 heterocycles. The molecule has 1 unspecified atom stereocenters. The summed E-state index contributed by atoms with van der Waals surface area (Å²) in [6.45, 7) is 2.47. The number of thioether (sulfide) groups is 1. The Morgan fingerprint density at radius 3 is 2.56 bits per heavy atom. The van der Waals surface area contributed by atoms with E-state index in [1.807, 2.05) is 6.07 Å². The van der Waals surface area contributed by atoms with E-state index in [0.717, 1.165) is 36.4 Å². The molecule has 9 heteroatoms. The molecule has 1 fully saturated rings. The van der Waals surface area contributed by atoms with Crippen molar-refractivity contribution < 1.29 is 23.2 Å². The number of likely N-dealkylation sites (tertiary alicyclic amines) is 1. The van der Waals surface area contributed by atoms with Gasteiger partial charge in [-0.2, -0.15) is 0 Å². The molecular formula is C27H31F2N3O3S. The molecule has 0 bridgehead atoms. The summed E-state index contributed by atoms with van der Waals surface area (Å²) < 4.78 is 29.7. The van der Waals surface area contributed by atoms with Gasteiger partial charge in [0.15, 0.2) is 11.6 Å². The van der Waals surface area contributed by atoms with Crippen molar-refractivity contribution in [2.75, 3.05) is 20.1 Å². The molecule has 2 aromatic carbocycles. The zero-order chi connectivity index (χ0) is 25.7. The molecule has 2 aliphatic heterocycles. The number of carbonyl (C=O) groups excluding carboxylic acids is 3. The largest absolute Gasteiger partial charge is 0.359 e. The van der Waals surface area contributed by atoms with Gasteiger partial charge in [0.05, 0.1) is 6.04 Å². The molecule has 0 radical (unpaired) electrons. The first-order chi connectivity index (χ1) is 17.4. The second-order valence-corrected chi connectivity index (χ2v) is 10.3. The number of nitrogens with one attached hydrogen (secondary N) is 1. The van der Waals surface area contributed by atoms with Crippen molar-refractivity contribution >= 4 is 29.9 Å². The summed E-state index contributed by atoms with van der Waals surface area (Å²) >= 11 is 1.34. The number of amides is 2. The lowest BCUT2D eigenvalue weighted by Crippen LogP contribution is -2.37. The van der Waals surface area contributed by atoms with E-state index < -0.39 is 17.7 Å². The monoisotopic (exact) mass is 515 g/mol. The standard InChI is InChI=1S/C27H31F2N3O3S/c1-30-24(34)11-10-20(16-33)32-15-22-21(27(32)35)6-5-7-23(22)36-17-19-9-8-18(25(28)26(19)29)14-31-12-3-2-4-13-31/h5-9,16,20H,2-4,10-15,17H2,1H3,(H,30,34). The predicted octanol–water partition coefficient (Wildman–Crippen LogP) is 4.29. The number of aldehydes is 1. The molecule has 6 nitrogen and oxygen atoms in total. The number of rotatable bonds is 10. The molecule has 2 aromatic rings. The van der Waals surface area contributed by atoms with Crippen LogP contribution in [0.4, 0.5) is 8.78 Å². The summed E-state index contributed by atoms with van der Waals surface area (Å²) in [4.78, 5) is 40.7. The van der Waals surface area contributed by atoms with Crippen molar-refractivity contribution in [3.05, 3.63) is 64.2 Å². The quantitative estimate of drug-likeness (QED) is 0.378. The Morgan fingerprint density at radius 1 is 1.11 bits per heavy atom. The number of fused-ring (bicyclic) bond motifs is 1. The van der Waals surface area contributed by atoms with Crippen molar-refractivity contribution in [2.24, 2.45) is 0 Å². The highest BCUT2D eigenvalue weighted by Gasteiger charge is 2.34. The van der Waals surface area contributed by atoms with Gasteiger partial charge in [-0.1, -0.05) is 24.6 Å². The van der Waals surface area contributed by atoms with Crippen LogP contribution in [0.3, 0.4) is 0 Å². The van der Waals surface area contributed by atoms with Crippen LogP contribution in [0, 0.1) is 11.6 Å². The van der Waals surface area contributed by atoms with Gasteiger partial charge in [-0.25, -0.2) is 8.78 Å². The first-order valence-corrected chi connectivity index (χ1v) is 13.3. The lowest BCUT2D eigenvalue weighted by molar-refractivity contribution is -0.121. The molecule has 1 atom stereocenters. The van der Waals surface area contributed by atoms with Gasteiger partial charge in [0.2, 0.25) is 5.91 Å². The molecular weight excluding hydrogens is 484 g/mol. The Balaban J connectivity index is 1.44. The molecule has 0 aliphatic carbocycles. The Hall–Kier alpha value is -2.78. The lowest BCUT2D eigenvalue weighted by atomic mass is 10.1. The third kappa shape index (κ3) is 5.78. The number of piperidine rings is 1. The third-order valence-electron chi connectivity index (χ3n) is 6.92. The number of halogens is 2. The Morgan fingerprint density at radius 2 is 1.83 bits per heavy atom. The fourth-order valence-corrected chi connectivity index (χ4v) is 5.86. The average Bonchev–Trinajstić information content (AvgIpc) is 3.24. The highest BCUT2D eigenvalue weighted by atomic mass is 32.2. The summed E-state index contributed by atoms with van der Waals surface area (Å²) in [5.74, 6) is -1.86. The van der Waals surface area contributed by atoms with E-state index in [1.165, 1.54) is 30.1 Å². The highest BCUT2D eigenvalue weighted by Crippen LogP contribution is 2.35. The maximum Gasteiger partial charge on any atom is 0.255 e. The minimum Gasteiger partial charge on any atom is -0.359 e. The lowest BCUT2D eigenvalue weighted by Gasteiger charge is -2.26. The average molecular weight is 516 g/mol. The number of benzene rings is 2. The van der Waals surface area contributed by atoms with Crippen molar-refractivity contribution in [3.8, 4) is 0 Å². The van der Waals surface area contributed by atoms with Crippen LogP contribution in [0.15, 0.2) is 35.2 Å². The molecule has 2 aliphatic rings. The molecule has 192 valence electrons. The summed E-state index contributed by atoms with van der Waals surface area (Å²) in [5.41, 5.74) is 1.91. The number of carbonyl (C=O) groups is 3. The topological polar surface area (TPSA) is 69.7 Å². The van der Waals surface area contributed by atoms with Crippen LogP contribution in [0.2, 0.25) is 0 Å². The zero-order valence-electron chi connectivity index (χ0n) is 20.4. The summed E-state index contributed by atoms with van der Waals surface area (Å²) in [6.07, 6.45) is 4.43. The minimum atomic E-state index is -0.822. The highest BCUT2D eigenvalue weighted by molar-refractivity contribution is 7.98. The second kappa shape index (κ2) is 12.0. The van der Waals surface area contributed by atoms with Crippen LogP contribution in [0.1, 0.15) is 59.2 Å². The van der Waals surface area contributed by atoms with E-state index in [0.29, 0.717) is 24.0 Å². The van der Waals surface area contributed by atoms with Gasteiger partial charge in [-0.3, -0.25) is 14.5 Å². The Kier molecular flexibility index (Phi) is 8.74. The molecule has 4 rings (SSSR count). The first-order valence-electron chi connectivity index (χ1n) is 12.3.